The number of imide groups is 1. The van der Waals surface area contributed by atoms with Gasteiger partial charge in [-0.15, -0.1) is 0 Å². The second kappa shape index (κ2) is 4.49. The lowest BCUT2D eigenvalue weighted by atomic mass is 10.1. The summed E-state index contributed by atoms with van der Waals surface area (Å²) in [5.41, 5.74) is 6.73. The number of fused-ring (bicyclic) bond motifs is 1. The van der Waals surface area contributed by atoms with Crippen LogP contribution < -0.4 is 5.73 Å². The van der Waals surface area contributed by atoms with Gasteiger partial charge < -0.3 is 10.2 Å². The minimum Gasteiger partial charge on any atom is -0.452 e. The van der Waals surface area contributed by atoms with Crippen LogP contribution in [0.4, 0.5) is 5.69 Å². The fraction of sp³-hybridized carbons (Fsp3) is 0.143. The van der Waals surface area contributed by atoms with Crippen molar-refractivity contribution in [3.05, 3.63) is 51.9 Å². The number of carbonyl (C=O) groups is 2. The van der Waals surface area contributed by atoms with Crippen molar-refractivity contribution < 1.29 is 14.0 Å². The minimum atomic E-state index is -0.493. The number of hydrogen-bond donors (Lipinski definition) is 1. The van der Waals surface area contributed by atoms with Gasteiger partial charge in [0.1, 0.15) is 5.76 Å². The molecule has 1 aliphatic rings. The molecule has 20 heavy (non-hydrogen) atoms. The zero-order valence-corrected chi connectivity index (χ0v) is 12.2. The number of nitrogens with zero attached hydrogens (tertiary/aromatic N) is 1. The lowest BCUT2D eigenvalue weighted by molar-refractivity contribution is 0.0578. The number of benzene rings is 1. The molecule has 1 aromatic carbocycles. The van der Waals surface area contributed by atoms with Gasteiger partial charge in [0.15, 0.2) is 4.67 Å². The third kappa shape index (κ3) is 1.76. The highest BCUT2D eigenvalue weighted by molar-refractivity contribution is 9.10. The fourth-order valence-corrected chi connectivity index (χ4v) is 2.68. The number of hydrogen-bond acceptors (Lipinski definition) is 4. The summed E-state index contributed by atoms with van der Waals surface area (Å²) in [4.78, 5) is 26.0. The molecule has 1 aromatic heterocycles. The number of amides is 2. The average Bonchev–Trinajstić information content (AvgIpc) is 2.94. The van der Waals surface area contributed by atoms with E-state index in [1.165, 1.54) is 4.90 Å². The number of nitrogen functional groups attached to an aromatic ring is 1. The van der Waals surface area contributed by atoms with E-state index in [1.807, 2.05) is 0 Å². The topological polar surface area (TPSA) is 76.5 Å². The quantitative estimate of drug-likeness (QED) is 0.676. The average molecular weight is 335 g/mol. The first-order chi connectivity index (χ1) is 9.50. The molecule has 2 heterocycles. The van der Waals surface area contributed by atoms with Crippen LogP contribution in [0, 0.1) is 0 Å². The van der Waals surface area contributed by atoms with Crippen LogP contribution in [0.25, 0.3) is 0 Å². The van der Waals surface area contributed by atoms with Crippen molar-refractivity contribution in [1.82, 2.24) is 4.90 Å². The van der Waals surface area contributed by atoms with E-state index in [0.29, 0.717) is 21.7 Å². The maximum absolute atomic E-state index is 12.4. The lowest BCUT2D eigenvalue weighted by Crippen LogP contribution is -2.32. The van der Waals surface area contributed by atoms with Gasteiger partial charge in [0, 0.05) is 5.69 Å². The summed E-state index contributed by atoms with van der Waals surface area (Å²) in [7, 11) is 0. The minimum absolute atomic E-state index is 0.273. The number of furan rings is 1. The van der Waals surface area contributed by atoms with E-state index in [-0.39, 0.29) is 17.4 Å². The van der Waals surface area contributed by atoms with Crippen LogP contribution in [-0.4, -0.2) is 16.7 Å². The summed E-state index contributed by atoms with van der Waals surface area (Å²) in [6.45, 7) is 1.74. The molecule has 0 bridgehead atoms. The molecule has 5 nitrogen and oxygen atoms in total. The molecule has 3 rings (SSSR count). The number of rotatable bonds is 2. The summed E-state index contributed by atoms with van der Waals surface area (Å²) in [5, 5.41) is 0. The second-order valence-electron chi connectivity index (χ2n) is 4.57. The summed E-state index contributed by atoms with van der Waals surface area (Å²) >= 11 is 3.20. The summed E-state index contributed by atoms with van der Waals surface area (Å²) in [6.07, 6.45) is 0. The standard InChI is InChI=1S/C14H11BrN2O3/c1-7(10-5-6-11(15)20-10)17-13(18)8-3-2-4-9(16)12(8)14(17)19/h2-7H,16H2,1H3. The highest BCUT2D eigenvalue weighted by Gasteiger charge is 2.40. The van der Waals surface area contributed by atoms with Gasteiger partial charge in [0.25, 0.3) is 11.8 Å². The Morgan fingerprint density at radius 3 is 2.55 bits per heavy atom. The molecule has 2 N–H and O–H groups in total. The van der Waals surface area contributed by atoms with Gasteiger partial charge in [0.05, 0.1) is 17.2 Å². The van der Waals surface area contributed by atoms with Gasteiger partial charge in [0.2, 0.25) is 0 Å². The molecule has 0 radical (unpaired) electrons. The van der Waals surface area contributed by atoms with E-state index >= 15 is 0 Å². The first-order valence-electron chi connectivity index (χ1n) is 6.02. The van der Waals surface area contributed by atoms with Crippen LogP contribution in [-0.2, 0) is 0 Å². The monoisotopic (exact) mass is 334 g/mol. The van der Waals surface area contributed by atoms with Gasteiger partial charge in [-0.05, 0) is 47.1 Å². The van der Waals surface area contributed by atoms with Crippen molar-refractivity contribution >= 4 is 33.4 Å². The third-order valence-corrected chi connectivity index (χ3v) is 3.80. The molecule has 0 spiro atoms. The maximum Gasteiger partial charge on any atom is 0.264 e. The van der Waals surface area contributed by atoms with Gasteiger partial charge in [-0.1, -0.05) is 6.07 Å². The Labute approximate surface area is 123 Å². The summed E-state index contributed by atoms with van der Waals surface area (Å²) in [5.74, 6) is -0.203. The summed E-state index contributed by atoms with van der Waals surface area (Å²) in [6, 6.07) is 7.84. The molecule has 0 fully saturated rings. The Bertz CT molecular complexity index is 723. The number of nitrogens with two attached hydrogens (primary N) is 1. The van der Waals surface area contributed by atoms with Gasteiger partial charge in [-0.2, -0.15) is 0 Å². The van der Waals surface area contributed by atoms with Crippen molar-refractivity contribution in [2.45, 2.75) is 13.0 Å². The third-order valence-electron chi connectivity index (χ3n) is 3.37. The van der Waals surface area contributed by atoms with Crippen LogP contribution in [0.1, 0.15) is 39.4 Å². The van der Waals surface area contributed by atoms with E-state index in [9.17, 15) is 9.59 Å². The molecule has 2 aromatic rings. The Morgan fingerprint density at radius 2 is 1.95 bits per heavy atom. The van der Waals surface area contributed by atoms with Crippen molar-refractivity contribution in [1.29, 1.82) is 0 Å². The molecule has 0 saturated heterocycles. The maximum atomic E-state index is 12.4. The molecular formula is C14H11BrN2O3. The Kier molecular flexibility index (Phi) is 2.90. The van der Waals surface area contributed by atoms with Crippen LogP contribution in [0.5, 0.6) is 0 Å². The molecule has 0 aliphatic carbocycles. The van der Waals surface area contributed by atoms with Crippen LogP contribution >= 0.6 is 15.9 Å². The van der Waals surface area contributed by atoms with E-state index in [2.05, 4.69) is 15.9 Å². The van der Waals surface area contributed by atoms with E-state index in [0.717, 1.165) is 0 Å². The smallest absolute Gasteiger partial charge is 0.264 e. The number of carbonyl (C=O) groups excluding carboxylic acids is 2. The van der Waals surface area contributed by atoms with Crippen molar-refractivity contribution in [3.63, 3.8) is 0 Å². The molecule has 2 amide bonds. The fourth-order valence-electron chi connectivity index (χ4n) is 2.36. The lowest BCUT2D eigenvalue weighted by Gasteiger charge is -2.20. The molecule has 102 valence electrons. The van der Waals surface area contributed by atoms with E-state index in [1.54, 1.807) is 37.3 Å². The van der Waals surface area contributed by atoms with Crippen molar-refractivity contribution in [2.75, 3.05) is 5.73 Å². The Balaban J connectivity index is 2.04. The molecule has 1 aliphatic heterocycles. The van der Waals surface area contributed by atoms with Gasteiger partial charge in [-0.25, -0.2) is 0 Å². The Morgan fingerprint density at radius 1 is 1.20 bits per heavy atom. The Hall–Kier alpha value is -2.08. The van der Waals surface area contributed by atoms with Crippen LogP contribution in [0.2, 0.25) is 0 Å². The van der Waals surface area contributed by atoms with E-state index in [4.69, 9.17) is 10.2 Å². The molecule has 1 atom stereocenters. The molecule has 1 unspecified atom stereocenters. The first kappa shape index (κ1) is 12.9. The molecule has 6 heteroatoms. The highest BCUT2D eigenvalue weighted by atomic mass is 79.9. The zero-order valence-electron chi connectivity index (χ0n) is 10.6. The molecular weight excluding hydrogens is 324 g/mol. The normalized spacial score (nSPS) is 15.6. The highest BCUT2D eigenvalue weighted by Crippen LogP contribution is 2.34. The van der Waals surface area contributed by atoms with Gasteiger partial charge >= 0.3 is 0 Å². The summed E-state index contributed by atoms with van der Waals surface area (Å²) < 4.78 is 5.97. The van der Waals surface area contributed by atoms with Crippen molar-refractivity contribution in [2.24, 2.45) is 0 Å². The van der Waals surface area contributed by atoms with Crippen LogP contribution in [0.15, 0.2) is 39.4 Å². The predicted octanol–water partition coefficient (Wildman–Crippen LogP) is 2.98. The predicted molar refractivity (Wildman–Crippen MR) is 76.2 cm³/mol. The SMILES string of the molecule is CC(c1ccc(Br)o1)N1C(=O)c2cccc(N)c2C1=O. The van der Waals surface area contributed by atoms with E-state index < -0.39 is 6.04 Å². The van der Waals surface area contributed by atoms with Gasteiger partial charge in [-0.3, -0.25) is 14.5 Å². The number of halogens is 1. The van der Waals surface area contributed by atoms with Crippen molar-refractivity contribution in [3.8, 4) is 0 Å². The zero-order chi connectivity index (χ0) is 14.4. The second-order valence-corrected chi connectivity index (χ2v) is 5.35. The first-order valence-corrected chi connectivity index (χ1v) is 6.81. The van der Waals surface area contributed by atoms with Crippen LogP contribution in [0.3, 0.4) is 0 Å². The molecule has 0 saturated carbocycles. The largest absolute Gasteiger partial charge is 0.452 e. The number of anilines is 1.